The minimum Gasteiger partial charge on any atom is -0.478 e. The monoisotopic (exact) mass is 311 g/mol. The molecular weight excluding hydrogens is 294 g/mol. The van der Waals surface area contributed by atoms with Gasteiger partial charge in [-0.15, -0.1) is 11.3 Å². The molecule has 1 aromatic rings. The number of carbonyl (C=O) groups is 2. The number of thioether (sulfide) groups is 1. The van der Waals surface area contributed by atoms with Crippen molar-refractivity contribution in [2.45, 2.75) is 24.0 Å². The molecule has 0 radical (unpaired) electrons. The van der Waals surface area contributed by atoms with Gasteiger partial charge in [0.25, 0.3) is 5.91 Å². The number of thiophene rings is 1. The summed E-state index contributed by atoms with van der Waals surface area (Å²) in [5.41, 5.74) is 0.654. The number of carboxylic acid groups (broad SMARTS) is 1. The Bertz CT molecular complexity index is 527. The molecule has 1 saturated carbocycles. The molecule has 1 aromatic heterocycles. The molecule has 0 saturated heterocycles. The Hall–Kier alpha value is -1.27. The van der Waals surface area contributed by atoms with Crippen LogP contribution in [0.25, 0.3) is 6.08 Å². The standard InChI is InChI=1S/C14H17NO3S2/c1-19-14(6-2-7-14)9-15-13(18)12-10(5-8-20-12)3-4-11(16)17/h3-5,8H,2,6-7,9H2,1H3,(H,15,18)(H,16,17)/b4-3+. The number of rotatable bonds is 6. The van der Waals surface area contributed by atoms with Crippen LogP contribution in [0, 0.1) is 0 Å². The predicted octanol–water partition coefficient (Wildman–Crippen LogP) is 2.86. The summed E-state index contributed by atoms with van der Waals surface area (Å²) >= 11 is 3.14. The van der Waals surface area contributed by atoms with Crippen molar-refractivity contribution in [2.24, 2.45) is 0 Å². The Morgan fingerprint density at radius 2 is 2.30 bits per heavy atom. The third-order valence-electron chi connectivity index (χ3n) is 3.58. The second-order valence-electron chi connectivity index (χ2n) is 4.80. The van der Waals surface area contributed by atoms with Crippen LogP contribution in [0.1, 0.15) is 34.5 Å². The number of hydrogen-bond donors (Lipinski definition) is 2. The normalized spacial score (nSPS) is 16.9. The summed E-state index contributed by atoms with van der Waals surface area (Å²) in [5.74, 6) is -1.14. The molecule has 0 spiro atoms. The lowest BCUT2D eigenvalue weighted by Gasteiger charge is -2.40. The van der Waals surface area contributed by atoms with E-state index in [1.807, 2.05) is 11.8 Å². The summed E-state index contributed by atoms with van der Waals surface area (Å²) in [4.78, 5) is 23.3. The van der Waals surface area contributed by atoms with Crippen molar-refractivity contribution in [1.29, 1.82) is 0 Å². The molecule has 6 heteroatoms. The van der Waals surface area contributed by atoms with E-state index in [9.17, 15) is 9.59 Å². The van der Waals surface area contributed by atoms with Crippen LogP contribution in [0.4, 0.5) is 0 Å². The van der Waals surface area contributed by atoms with Gasteiger partial charge in [0.05, 0.1) is 4.88 Å². The van der Waals surface area contributed by atoms with Crippen molar-refractivity contribution >= 4 is 41.1 Å². The molecule has 0 unspecified atom stereocenters. The maximum atomic E-state index is 12.2. The van der Waals surface area contributed by atoms with Gasteiger partial charge in [-0.05, 0) is 42.2 Å². The minimum absolute atomic E-state index is 0.120. The highest BCUT2D eigenvalue weighted by molar-refractivity contribution is 8.00. The molecule has 0 atom stereocenters. The summed E-state index contributed by atoms with van der Waals surface area (Å²) in [6.45, 7) is 0.674. The van der Waals surface area contributed by atoms with Crippen LogP contribution in [-0.2, 0) is 4.79 Å². The zero-order chi connectivity index (χ0) is 14.6. The van der Waals surface area contributed by atoms with Crippen LogP contribution < -0.4 is 5.32 Å². The van der Waals surface area contributed by atoms with E-state index in [1.54, 1.807) is 11.4 Å². The van der Waals surface area contributed by atoms with Gasteiger partial charge in [-0.25, -0.2) is 4.79 Å². The van der Waals surface area contributed by atoms with Crippen molar-refractivity contribution in [1.82, 2.24) is 5.32 Å². The first kappa shape index (κ1) is 15.1. The molecule has 2 N–H and O–H groups in total. The Kier molecular flexibility index (Phi) is 4.88. The molecule has 108 valence electrons. The zero-order valence-electron chi connectivity index (χ0n) is 11.2. The van der Waals surface area contributed by atoms with E-state index < -0.39 is 5.97 Å². The number of carboxylic acids is 1. The maximum absolute atomic E-state index is 12.2. The second-order valence-corrected chi connectivity index (χ2v) is 6.99. The van der Waals surface area contributed by atoms with Gasteiger partial charge >= 0.3 is 5.97 Å². The highest BCUT2D eigenvalue weighted by atomic mass is 32.2. The van der Waals surface area contributed by atoms with Gasteiger partial charge in [-0.1, -0.05) is 6.42 Å². The van der Waals surface area contributed by atoms with Crippen LogP contribution in [0.2, 0.25) is 0 Å². The third-order valence-corrected chi connectivity index (χ3v) is 5.92. The second kappa shape index (κ2) is 6.45. The number of nitrogens with one attached hydrogen (secondary N) is 1. The highest BCUT2D eigenvalue weighted by Crippen LogP contribution is 2.42. The molecule has 0 aromatic carbocycles. The van der Waals surface area contributed by atoms with Gasteiger partial charge in [-0.3, -0.25) is 4.79 Å². The summed E-state index contributed by atoms with van der Waals surface area (Å²) < 4.78 is 0.198. The Morgan fingerprint density at radius 1 is 1.55 bits per heavy atom. The zero-order valence-corrected chi connectivity index (χ0v) is 12.9. The fraction of sp³-hybridized carbons (Fsp3) is 0.429. The van der Waals surface area contributed by atoms with E-state index in [-0.39, 0.29) is 10.7 Å². The van der Waals surface area contributed by atoms with Crippen molar-refractivity contribution in [2.75, 3.05) is 12.8 Å². The molecule has 1 aliphatic carbocycles. The Balaban J connectivity index is 1.99. The van der Waals surface area contributed by atoms with E-state index in [1.165, 1.54) is 23.8 Å². The molecule has 1 aliphatic rings. The lowest BCUT2D eigenvalue weighted by atomic mass is 9.84. The first-order valence-corrected chi connectivity index (χ1v) is 8.49. The molecule has 4 nitrogen and oxygen atoms in total. The average molecular weight is 311 g/mol. The number of aliphatic carboxylic acids is 1. The van der Waals surface area contributed by atoms with Crippen LogP contribution >= 0.6 is 23.1 Å². The fourth-order valence-corrected chi connectivity index (χ4v) is 3.86. The lowest BCUT2D eigenvalue weighted by Crippen LogP contribution is -2.45. The predicted molar refractivity (Wildman–Crippen MR) is 83.4 cm³/mol. The fourth-order valence-electron chi connectivity index (χ4n) is 2.14. The minimum atomic E-state index is -1.02. The summed E-state index contributed by atoms with van der Waals surface area (Å²) in [6.07, 6.45) is 8.10. The van der Waals surface area contributed by atoms with E-state index >= 15 is 0 Å². The molecular formula is C14H17NO3S2. The van der Waals surface area contributed by atoms with E-state index in [4.69, 9.17) is 5.11 Å². The van der Waals surface area contributed by atoms with Crippen LogP contribution in [0.15, 0.2) is 17.5 Å². The lowest BCUT2D eigenvalue weighted by molar-refractivity contribution is -0.131. The molecule has 0 aliphatic heterocycles. The molecule has 1 heterocycles. The van der Waals surface area contributed by atoms with Gasteiger partial charge in [0.15, 0.2) is 0 Å². The summed E-state index contributed by atoms with van der Waals surface area (Å²) in [7, 11) is 0. The number of amides is 1. The van der Waals surface area contributed by atoms with Gasteiger partial charge in [-0.2, -0.15) is 11.8 Å². The molecule has 0 bridgehead atoms. The van der Waals surface area contributed by atoms with Crippen LogP contribution in [0.3, 0.4) is 0 Å². The Morgan fingerprint density at radius 3 is 2.85 bits per heavy atom. The summed E-state index contributed by atoms with van der Waals surface area (Å²) in [6, 6.07) is 1.76. The van der Waals surface area contributed by atoms with Crippen LogP contribution in [0.5, 0.6) is 0 Å². The quantitative estimate of drug-likeness (QED) is 0.793. The Labute approximate surface area is 126 Å². The molecule has 2 rings (SSSR count). The van der Waals surface area contributed by atoms with E-state index in [2.05, 4.69) is 11.6 Å². The smallest absolute Gasteiger partial charge is 0.328 e. The molecule has 1 fully saturated rings. The van der Waals surface area contributed by atoms with Gasteiger partial charge in [0, 0.05) is 17.4 Å². The molecule has 20 heavy (non-hydrogen) atoms. The first-order valence-electron chi connectivity index (χ1n) is 6.38. The van der Waals surface area contributed by atoms with Crippen molar-refractivity contribution in [3.05, 3.63) is 28.0 Å². The van der Waals surface area contributed by atoms with Crippen LogP contribution in [-0.4, -0.2) is 34.5 Å². The number of hydrogen-bond acceptors (Lipinski definition) is 4. The SMILES string of the molecule is CSC1(CNC(=O)c2sccc2/C=C/C(=O)O)CCC1. The highest BCUT2D eigenvalue weighted by Gasteiger charge is 2.36. The van der Waals surface area contributed by atoms with Crippen molar-refractivity contribution in [3.63, 3.8) is 0 Å². The first-order chi connectivity index (χ1) is 9.56. The maximum Gasteiger partial charge on any atom is 0.328 e. The van der Waals surface area contributed by atoms with E-state index in [0.29, 0.717) is 17.0 Å². The van der Waals surface area contributed by atoms with Crippen molar-refractivity contribution in [3.8, 4) is 0 Å². The largest absolute Gasteiger partial charge is 0.478 e. The molecule has 1 amide bonds. The third kappa shape index (κ3) is 3.43. The number of carbonyl (C=O) groups excluding carboxylic acids is 1. The summed E-state index contributed by atoms with van der Waals surface area (Å²) in [5, 5.41) is 13.4. The van der Waals surface area contributed by atoms with E-state index in [0.717, 1.165) is 18.9 Å². The van der Waals surface area contributed by atoms with Gasteiger partial charge in [0.2, 0.25) is 0 Å². The topological polar surface area (TPSA) is 66.4 Å². The van der Waals surface area contributed by atoms with Gasteiger partial charge < -0.3 is 10.4 Å². The van der Waals surface area contributed by atoms with Gasteiger partial charge in [0.1, 0.15) is 0 Å². The van der Waals surface area contributed by atoms with Crippen molar-refractivity contribution < 1.29 is 14.7 Å². The average Bonchev–Trinajstić information content (AvgIpc) is 2.83.